The highest BCUT2D eigenvalue weighted by Gasteiger charge is 2.32. The standard InChI is InChI=1S/C32H29Cl2N3O3/c1-35-31(39)28(19-21-8-3-2-4-9-21)37(20-22-15-16-25(33)26(34)18-22)29(38)14-7-17-36-27-13-6-11-23-10-5-12-24(30(23)27)32(36)40/h2-6,8-13,15-16,18,28H,7,14,17,19-20H2,1H3,(H,35,39). The molecule has 3 amide bonds. The van der Waals surface area contributed by atoms with E-state index in [1.54, 1.807) is 35.0 Å². The molecule has 0 radical (unpaired) electrons. The van der Waals surface area contributed by atoms with Crippen molar-refractivity contribution in [1.82, 2.24) is 10.2 Å². The number of halogens is 2. The Balaban J connectivity index is 1.36. The van der Waals surface area contributed by atoms with Crippen LogP contribution in [0.5, 0.6) is 0 Å². The van der Waals surface area contributed by atoms with E-state index in [0.29, 0.717) is 35.0 Å². The van der Waals surface area contributed by atoms with Gasteiger partial charge in [-0.25, -0.2) is 0 Å². The third-order valence-electron chi connectivity index (χ3n) is 7.28. The summed E-state index contributed by atoms with van der Waals surface area (Å²) in [5, 5.41) is 5.49. The van der Waals surface area contributed by atoms with Crippen LogP contribution in [0.25, 0.3) is 10.8 Å². The predicted octanol–water partition coefficient (Wildman–Crippen LogP) is 6.27. The molecule has 1 unspecified atom stereocenters. The number of nitrogens with zero attached hydrogens (tertiary/aromatic N) is 2. The van der Waals surface area contributed by atoms with Gasteiger partial charge < -0.3 is 15.1 Å². The van der Waals surface area contributed by atoms with Crippen LogP contribution in [0.4, 0.5) is 5.69 Å². The average molecular weight is 575 g/mol. The molecule has 1 N–H and O–H groups in total. The Bertz CT molecular complexity index is 1570. The van der Waals surface area contributed by atoms with Crippen LogP contribution in [-0.4, -0.2) is 42.3 Å². The van der Waals surface area contributed by atoms with Crippen molar-refractivity contribution < 1.29 is 14.4 Å². The Kier molecular flexibility index (Phi) is 8.38. The van der Waals surface area contributed by atoms with Gasteiger partial charge >= 0.3 is 0 Å². The number of carbonyl (C=O) groups excluding carboxylic acids is 3. The maximum atomic E-state index is 13.8. The molecule has 1 heterocycles. The van der Waals surface area contributed by atoms with Gasteiger partial charge in [0.05, 0.1) is 15.7 Å². The highest BCUT2D eigenvalue weighted by molar-refractivity contribution is 6.42. The quantitative estimate of drug-likeness (QED) is 0.243. The van der Waals surface area contributed by atoms with E-state index in [-0.39, 0.29) is 30.7 Å². The van der Waals surface area contributed by atoms with Crippen LogP contribution in [-0.2, 0) is 22.6 Å². The van der Waals surface area contributed by atoms with E-state index >= 15 is 0 Å². The molecule has 6 nitrogen and oxygen atoms in total. The molecule has 1 aliphatic heterocycles. The first-order valence-electron chi connectivity index (χ1n) is 13.2. The van der Waals surface area contributed by atoms with Gasteiger partial charge in [0, 0.05) is 43.9 Å². The molecule has 0 aromatic heterocycles. The van der Waals surface area contributed by atoms with Crippen molar-refractivity contribution >= 4 is 57.4 Å². The van der Waals surface area contributed by atoms with Gasteiger partial charge in [-0.15, -0.1) is 0 Å². The van der Waals surface area contributed by atoms with Gasteiger partial charge in [-0.2, -0.15) is 0 Å². The van der Waals surface area contributed by atoms with Crippen LogP contribution >= 0.6 is 23.2 Å². The smallest absolute Gasteiger partial charge is 0.258 e. The van der Waals surface area contributed by atoms with Crippen molar-refractivity contribution in [2.24, 2.45) is 0 Å². The van der Waals surface area contributed by atoms with Crippen molar-refractivity contribution in [3.63, 3.8) is 0 Å². The average Bonchev–Trinajstić information content (AvgIpc) is 3.25. The summed E-state index contributed by atoms with van der Waals surface area (Å²) in [6.45, 7) is 0.580. The number of nitrogens with one attached hydrogen (secondary N) is 1. The normalized spacial score (nSPS) is 13.0. The molecular weight excluding hydrogens is 545 g/mol. The van der Waals surface area contributed by atoms with Crippen LogP contribution in [0, 0.1) is 0 Å². The lowest BCUT2D eigenvalue weighted by Gasteiger charge is -2.31. The largest absolute Gasteiger partial charge is 0.357 e. The molecule has 0 saturated heterocycles. The van der Waals surface area contributed by atoms with Gasteiger partial charge in [0.15, 0.2) is 0 Å². The van der Waals surface area contributed by atoms with E-state index in [9.17, 15) is 14.4 Å². The Hall–Kier alpha value is -3.87. The minimum absolute atomic E-state index is 0.0563. The minimum Gasteiger partial charge on any atom is -0.357 e. The molecule has 0 aliphatic carbocycles. The molecular formula is C32H29Cl2N3O3. The number of benzene rings is 4. The Labute approximate surface area is 243 Å². The first-order chi connectivity index (χ1) is 19.4. The fourth-order valence-electron chi connectivity index (χ4n) is 5.29. The zero-order valence-electron chi connectivity index (χ0n) is 22.1. The van der Waals surface area contributed by atoms with Gasteiger partial charge in [-0.3, -0.25) is 14.4 Å². The maximum Gasteiger partial charge on any atom is 0.258 e. The summed E-state index contributed by atoms with van der Waals surface area (Å²) in [5.74, 6) is -0.494. The van der Waals surface area contributed by atoms with Crippen LogP contribution in [0.15, 0.2) is 84.9 Å². The van der Waals surface area contributed by atoms with Crippen LogP contribution in [0.3, 0.4) is 0 Å². The summed E-state index contributed by atoms with van der Waals surface area (Å²) >= 11 is 12.4. The predicted molar refractivity (Wildman–Crippen MR) is 160 cm³/mol. The van der Waals surface area contributed by atoms with E-state index in [4.69, 9.17) is 23.2 Å². The maximum absolute atomic E-state index is 13.8. The van der Waals surface area contributed by atoms with Gasteiger partial charge in [0.1, 0.15) is 6.04 Å². The highest BCUT2D eigenvalue weighted by Crippen LogP contribution is 2.37. The molecule has 0 fully saturated rings. The molecule has 40 heavy (non-hydrogen) atoms. The molecule has 1 aliphatic rings. The van der Waals surface area contributed by atoms with Crippen LogP contribution in [0.2, 0.25) is 10.0 Å². The van der Waals surface area contributed by atoms with Crippen molar-refractivity contribution in [2.75, 3.05) is 18.5 Å². The Morgan fingerprint density at radius 3 is 2.38 bits per heavy atom. The van der Waals surface area contributed by atoms with Crippen LogP contribution < -0.4 is 10.2 Å². The molecule has 8 heteroatoms. The Morgan fingerprint density at radius 2 is 1.65 bits per heavy atom. The lowest BCUT2D eigenvalue weighted by atomic mass is 10.0. The van der Waals surface area contributed by atoms with Gasteiger partial charge in [-0.1, -0.05) is 83.9 Å². The first-order valence-corrected chi connectivity index (χ1v) is 14.0. The van der Waals surface area contributed by atoms with E-state index in [1.807, 2.05) is 66.7 Å². The first kappa shape index (κ1) is 27.7. The second-order valence-corrected chi connectivity index (χ2v) is 10.6. The fourth-order valence-corrected chi connectivity index (χ4v) is 5.61. The molecule has 0 bridgehead atoms. The van der Waals surface area contributed by atoms with Gasteiger partial charge in [0.25, 0.3) is 5.91 Å². The summed E-state index contributed by atoms with van der Waals surface area (Å²) in [6, 6.07) is 25.7. The van der Waals surface area contributed by atoms with Crippen molar-refractivity contribution in [3.05, 3.63) is 112 Å². The van der Waals surface area contributed by atoms with Gasteiger partial charge in [-0.05, 0) is 47.2 Å². The topological polar surface area (TPSA) is 69.7 Å². The summed E-state index contributed by atoms with van der Waals surface area (Å²) in [6.07, 6.45) is 0.966. The van der Waals surface area contributed by atoms with Gasteiger partial charge in [0.2, 0.25) is 11.8 Å². The minimum atomic E-state index is -0.735. The van der Waals surface area contributed by atoms with E-state index < -0.39 is 6.04 Å². The molecule has 5 rings (SSSR count). The molecule has 0 spiro atoms. The van der Waals surface area contributed by atoms with E-state index in [0.717, 1.165) is 27.6 Å². The number of rotatable bonds is 10. The van der Waals surface area contributed by atoms with E-state index in [2.05, 4.69) is 5.32 Å². The number of likely N-dealkylation sites (N-methyl/N-ethyl adjacent to an activating group) is 1. The summed E-state index contributed by atoms with van der Waals surface area (Å²) in [7, 11) is 1.57. The molecule has 1 atom stereocenters. The zero-order chi connectivity index (χ0) is 28.2. The summed E-state index contributed by atoms with van der Waals surface area (Å²) < 4.78 is 0. The van der Waals surface area contributed by atoms with Crippen LogP contribution in [0.1, 0.15) is 34.3 Å². The lowest BCUT2D eigenvalue weighted by Crippen LogP contribution is -2.49. The van der Waals surface area contributed by atoms with Crippen molar-refractivity contribution in [1.29, 1.82) is 0 Å². The summed E-state index contributed by atoms with van der Waals surface area (Å²) in [5.41, 5.74) is 3.26. The second kappa shape index (κ2) is 12.1. The second-order valence-electron chi connectivity index (χ2n) is 9.83. The third-order valence-corrected chi connectivity index (χ3v) is 8.01. The number of amides is 3. The van der Waals surface area contributed by atoms with Crippen molar-refractivity contribution in [2.45, 2.75) is 31.8 Å². The molecule has 204 valence electrons. The molecule has 4 aromatic rings. The molecule has 4 aromatic carbocycles. The lowest BCUT2D eigenvalue weighted by molar-refractivity contribution is -0.141. The highest BCUT2D eigenvalue weighted by atomic mass is 35.5. The molecule has 0 saturated carbocycles. The van der Waals surface area contributed by atoms with Crippen molar-refractivity contribution in [3.8, 4) is 0 Å². The fraction of sp³-hybridized carbons (Fsp3) is 0.219. The zero-order valence-corrected chi connectivity index (χ0v) is 23.6. The monoisotopic (exact) mass is 573 g/mol. The number of hydrogen-bond acceptors (Lipinski definition) is 3. The van der Waals surface area contributed by atoms with E-state index in [1.165, 1.54) is 0 Å². The Morgan fingerprint density at radius 1 is 0.900 bits per heavy atom. The number of anilines is 1. The third kappa shape index (κ3) is 5.69. The summed E-state index contributed by atoms with van der Waals surface area (Å²) in [4.78, 5) is 43.5. The number of hydrogen-bond donors (Lipinski definition) is 1. The number of carbonyl (C=O) groups is 3. The SMILES string of the molecule is CNC(=O)C(Cc1ccccc1)N(Cc1ccc(Cl)c(Cl)c1)C(=O)CCCN1C(=O)c2cccc3cccc1c23.